The highest BCUT2D eigenvalue weighted by molar-refractivity contribution is 6.04. The first kappa shape index (κ1) is 15.5. The van der Waals surface area contributed by atoms with E-state index in [2.05, 4.69) is 5.10 Å². The van der Waals surface area contributed by atoms with Crippen LogP contribution in [-0.4, -0.2) is 21.5 Å². The molecule has 1 amide bonds. The van der Waals surface area contributed by atoms with Gasteiger partial charge >= 0.3 is 0 Å². The highest BCUT2D eigenvalue weighted by atomic mass is 16.1. The summed E-state index contributed by atoms with van der Waals surface area (Å²) in [4.78, 5) is 24.3. The van der Waals surface area contributed by atoms with E-state index in [0.717, 1.165) is 17.7 Å². The van der Waals surface area contributed by atoms with Crippen molar-refractivity contribution < 1.29 is 9.59 Å². The molecule has 0 saturated heterocycles. The zero-order valence-corrected chi connectivity index (χ0v) is 13.8. The van der Waals surface area contributed by atoms with Crippen molar-refractivity contribution in [2.45, 2.75) is 39.0 Å². The Balaban J connectivity index is 2.31. The van der Waals surface area contributed by atoms with E-state index in [1.807, 2.05) is 26.8 Å². The molecule has 0 radical (unpaired) electrons. The summed E-state index contributed by atoms with van der Waals surface area (Å²) in [5.41, 5.74) is 6.50. The van der Waals surface area contributed by atoms with E-state index in [4.69, 9.17) is 5.73 Å². The summed E-state index contributed by atoms with van der Waals surface area (Å²) in [6, 6.07) is 2.03. The summed E-state index contributed by atoms with van der Waals surface area (Å²) in [5.74, 6) is -0.585. The van der Waals surface area contributed by atoms with Crippen LogP contribution in [-0.2, 0) is 23.7 Å². The lowest BCUT2D eigenvalue weighted by molar-refractivity contribution is -0.128. The number of carbonyl (C=O) groups is 2. The molecule has 6 heteroatoms. The number of hydrogen-bond donors (Lipinski definition) is 1. The third-order valence-corrected chi connectivity index (χ3v) is 5.56. The molecule has 2 aliphatic carbocycles. The van der Waals surface area contributed by atoms with E-state index in [-0.39, 0.29) is 17.3 Å². The van der Waals surface area contributed by atoms with Gasteiger partial charge in [-0.15, -0.1) is 0 Å². The van der Waals surface area contributed by atoms with Crippen molar-refractivity contribution >= 4 is 11.7 Å². The second-order valence-electron chi connectivity index (χ2n) is 7.26. The van der Waals surface area contributed by atoms with Gasteiger partial charge in [0.15, 0.2) is 5.78 Å². The Morgan fingerprint density at radius 3 is 2.70 bits per heavy atom. The summed E-state index contributed by atoms with van der Waals surface area (Å²) in [7, 11) is 1.70. The molecule has 0 spiro atoms. The van der Waals surface area contributed by atoms with Crippen LogP contribution in [0, 0.1) is 22.7 Å². The highest BCUT2D eigenvalue weighted by Gasteiger charge is 2.55. The molecule has 6 nitrogen and oxygen atoms in total. The quantitative estimate of drug-likeness (QED) is 0.846. The summed E-state index contributed by atoms with van der Waals surface area (Å²) < 4.78 is 1.52. The van der Waals surface area contributed by atoms with Gasteiger partial charge in [0, 0.05) is 23.4 Å². The van der Waals surface area contributed by atoms with Crippen molar-refractivity contribution in [3.63, 3.8) is 0 Å². The average molecular weight is 312 g/mol. The molecule has 0 aromatic carbocycles. The monoisotopic (exact) mass is 312 g/mol. The molecular weight excluding hydrogens is 292 g/mol. The lowest BCUT2D eigenvalue weighted by Crippen LogP contribution is -2.51. The molecule has 0 aliphatic heterocycles. The molecule has 1 aromatic rings. The maximum atomic E-state index is 12.6. The van der Waals surface area contributed by atoms with Crippen LogP contribution in [0.1, 0.15) is 48.9 Å². The number of nitrogens with two attached hydrogens (primary N) is 1. The third-order valence-electron chi connectivity index (χ3n) is 5.56. The van der Waals surface area contributed by atoms with Crippen molar-refractivity contribution in [1.29, 1.82) is 5.26 Å². The number of primary amides is 1. The lowest BCUT2D eigenvalue weighted by atomic mass is 9.52. The number of ketones is 1. The van der Waals surface area contributed by atoms with Crippen LogP contribution in [0.2, 0.25) is 0 Å². The van der Waals surface area contributed by atoms with E-state index < -0.39 is 16.7 Å². The van der Waals surface area contributed by atoms with Crippen molar-refractivity contribution in [2.24, 2.45) is 24.1 Å². The van der Waals surface area contributed by atoms with Gasteiger partial charge in [-0.05, 0) is 18.8 Å². The van der Waals surface area contributed by atoms with Gasteiger partial charge in [0.1, 0.15) is 11.8 Å². The summed E-state index contributed by atoms with van der Waals surface area (Å²) in [6.07, 6.45) is 3.15. The van der Waals surface area contributed by atoms with Gasteiger partial charge in [0.25, 0.3) is 5.91 Å². The molecular formula is C17H20N4O2. The topological polar surface area (TPSA) is 102 Å². The second kappa shape index (κ2) is 4.54. The zero-order valence-electron chi connectivity index (χ0n) is 13.8. The smallest absolute Gasteiger partial charge is 0.267 e. The predicted octanol–water partition coefficient (Wildman–Crippen LogP) is 1.40. The number of carbonyl (C=O) groups excluding carboxylic acids is 2. The van der Waals surface area contributed by atoms with Crippen LogP contribution in [0.4, 0.5) is 0 Å². The first-order chi connectivity index (χ1) is 10.6. The molecule has 0 saturated carbocycles. The van der Waals surface area contributed by atoms with Gasteiger partial charge in [-0.25, -0.2) is 0 Å². The Kier molecular flexibility index (Phi) is 3.06. The minimum absolute atomic E-state index is 0.0303. The number of amides is 1. The summed E-state index contributed by atoms with van der Waals surface area (Å²) in [6.45, 7) is 5.79. The Morgan fingerprint density at radius 2 is 2.13 bits per heavy atom. The normalized spacial score (nSPS) is 28.4. The van der Waals surface area contributed by atoms with Crippen LogP contribution in [0.5, 0.6) is 0 Å². The highest BCUT2D eigenvalue weighted by Crippen LogP contribution is 2.54. The van der Waals surface area contributed by atoms with Crippen LogP contribution >= 0.6 is 0 Å². The summed E-state index contributed by atoms with van der Waals surface area (Å²) in [5, 5.41) is 13.9. The summed E-state index contributed by atoms with van der Waals surface area (Å²) >= 11 is 0. The maximum Gasteiger partial charge on any atom is 0.267 e. The van der Waals surface area contributed by atoms with Crippen LogP contribution in [0.25, 0.3) is 0 Å². The van der Waals surface area contributed by atoms with Crippen LogP contribution < -0.4 is 5.73 Å². The fourth-order valence-electron chi connectivity index (χ4n) is 4.53. The van der Waals surface area contributed by atoms with Crippen LogP contribution in [0.15, 0.2) is 11.6 Å². The molecule has 2 unspecified atom stereocenters. The Bertz CT molecular complexity index is 809. The van der Waals surface area contributed by atoms with E-state index in [1.165, 1.54) is 4.68 Å². The standard InChI is InChI=1S/C17H20N4O2/c1-16(2)11-6-5-10-12(15(19)23)21(4)20-13(10)17(11,3)7-9(8-18)14(16)22/h7,11H,5-6H2,1-4H3,(H2,19,23). The largest absolute Gasteiger partial charge is 0.364 e. The van der Waals surface area contributed by atoms with E-state index in [9.17, 15) is 14.9 Å². The van der Waals surface area contributed by atoms with Gasteiger partial charge in [0.05, 0.1) is 11.3 Å². The second-order valence-corrected chi connectivity index (χ2v) is 7.26. The van der Waals surface area contributed by atoms with E-state index >= 15 is 0 Å². The van der Waals surface area contributed by atoms with Crippen molar-refractivity contribution in [1.82, 2.24) is 9.78 Å². The molecule has 2 N–H and O–H groups in total. The molecule has 1 heterocycles. The number of aromatic nitrogens is 2. The van der Waals surface area contributed by atoms with Gasteiger partial charge in [-0.2, -0.15) is 10.4 Å². The van der Waals surface area contributed by atoms with Gasteiger partial charge in [0.2, 0.25) is 0 Å². The third kappa shape index (κ3) is 1.83. The number of Topliss-reactive ketones (excluding diaryl/α,β-unsaturated/α-hetero) is 1. The number of fused-ring (bicyclic) bond motifs is 3. The fourth-order valence-corrected chi connectivity index (χ4v) is 4.53. The number of nitrogens with zero attached hydrogens (tertiary/aromatic N) is 3. The number of allylic oxidation sites excluding steroid dienone is 2. The Labute approximate surface area is 135 Å². The van der Waals surface area contributed by atoms with Gasteiger partial charge in [-0.3, -0.25) is 14.3 Å². The number of hydrogen-bond acceptors (Lipinski definition) is 4. The number of aryl methyl sites for hydroxylation is 1. The molecule has 3 rings (SSSR count). The van der Waals surface area contributed by atoms with E-state index in [1.54, 1.807) is 13.1 Å². The molecule has 2 aliphatic rings. The first-order valence-corrected chi connectivity index (χ1v) is 7.68. The van der Waals surface area contributed by atoms with Gasteiger partial charge < -0.3 is 5.73 Å². The van der Waals surface area contributed by atoms with E-state index in [0.29, 0.717) is 12.1 Å². The first-order valence-electron chi connectivity index (χ1n) is 7.68. The number of rotatable bonds is 1. The van der Waals surface area contributed by atoms with Crippen LogP contribution in [0.3, 0.4) is 0 Å². The van der Waals surface area contributed by atoms with Gasteiger partial charge in [-0.1, -0.05) is 26.8 Å². The average Bonchev–Trinajstić information content (AvgIpc) is 2.80. The SMILES string of the molecule is Cn1nc2c(c1C(N)=O)CCC1C(C)(C)C(=O)C(C#N)=CC21C. The fraction of sp³-hybridized carbons (Fsp3) is 0.529. The maximum absolute atomic E-state index is 12.6. The molecule has 2 atom stereocenters. The molecule has 120 valence electrons. The molecule has 0 bridgehead atoms. The Hall–Kier alpha value is -2.42. The molecule has 1 aromatic heterocycles. The Morgan fingerprint density at radius 1 is 1.48 bits per heavy atom. The van der Waals surface area contributed by atoms with Crippen molar-refractivity contribution in [3.05, 3.63) is 28.6 Å². The minimum Gasteiger partial charge on any atom is -0.364 e. The molecule has 0 fully saturated rings. The number of nitriles is 1. The van der Waals surface area contributed by atoms with Crippen molar-refractivity contribution in [3.8, 4) is 6.07 Å². The zero-order chi connectivity index (χ0) is 17.2. The minimum atomic E-state index is -0.642. The molecule has 23 heavy (non-hydrogen) atoms. The lowest BCUT2D eigenvalue weighted by Gasteiger charge is -2.49. The predicted molar refractivity (Wildman–Crippen MR) is 83.4 cm³/mol. The van der Waals surface area contributed by atoms with Crippen molar-refractivity contribution in [2.75, 3.05) is 0 Å².